The summed E-state index contributed by atoms with van der Waals surface area (Å²) in [5, 5.41) is 3.02. The lowest BCUT2D eigenvalue weighted by Crippen LogP contribution is -2.51. The van der Waals surface area contributed by atoms with Gasteiger partial charge in [-0.15, -0.1) is 0 Å². The number of urea groups is 1. The van der Waals surface area contributed by atoms with Crippen LogP contribution >= 0.6 is 0 Å². The van der Waals surface area contributed by atoms with Gasteiger partial charge in [0.05, 0.1) is 19.3 Å². The first-order valence-corrected chi connectivity index (χ1v) is 9.36. The zero-order valence-corrected chi connectivity index (χ0v) is 14.5. The summed E-state index contributed by atoms with van der Waals surface area (Å²) >= 11 is 0. The molecule has 1 atom stereocenters. The van der Waals surface area contributed by atoms with Gasteiger partial charge < -0.3 is 15.0 Å². The Morgan fingerprint density at radius 1 is 1.13 bits per heavy atom. The van der Waals surface area contributed by atoms with Gasteiger partial charge in [0, 0.05) is 19.5 Å². The molecular formula is C18H32N2O3. The van der Waals surface area contributed by atoms with E-state index in [2.05, 4.69) is 5.32 Å². The van der Waals surface area contributed by atoms with E-state index >= 15 is 0 Å². The van der Waals surface area contributed by atoms with Crippen LogP contribution in [0.5, 0.6) is 0 Å². The molecule has 1 heterocycles. The van der Waals surface area contributed by atoms with E-state index in [1.165, 1.54) is 38.5 Å². The molecule has 2 aliphatic rings. The van der Waals surface area contributed by atoms with E-state index in [-0.39, 0.29) is 17.9 Å². The Morgan fingerprint density at radius 3 is 2.39 bits per heavy atom. The molecule has 0 spiro atoms. The smallest absolute Gasteiger partial charge is 0.318 e. The zero-order valence-electron chi connectivity index (χ0n) is 14.5. The second-order valence-electron chi connectivity index (χ2n) is 6.91. The average molecular weight is 324 g/mol. The number of amides is 2. The lowest BCUT2D eigenvalue weighted by atomic mass is 9.90. The minimum atomic E-state index is -0.312. The van der Waals surface area contributed by atoms with Gasteiger partial charge in [-0.25, -0.2) is 4.79 Å². The van der Waals surface area contributed by atoms with Crippen molar-refractivity contribution in [3.05, 3.63) is 0 Å². The van der Waals surface area contributed by atoms with Gasteiger partial charge in [-0.2, -0.15) is 0 Å². The highest BCUT2D eigenvalue weighted by Gasteiger charge is 2.27. The van der Waals surface area contributed by atoms with E-state index in [0.29, 0.717) is 38.6 Å². The Morgan fingerprint density at radius 2 is 1.78 bits per heavy atom. The van der Waals surface area contributed by atoms with Gasteiger partial charge in [-0.1, -0.05) is 45.4 Å². The quantitative estimate of drug-likeness (QED) is 0.764. The molecule has 0 radical (unpaired) electrons. The van der Waals surface area contributed by atoms with Crippen LogP contribution in [0.4, 0.5) is 4.79 Å². The normalized spacial score (nSPS) is 21.5. The molecule has 1 N–H and O–H groups in total. The molecule has 0 aromatic carbocycles. The second kappa shape index (κ2) is 9.91. The Labute approximate surface area is 140 Å². The van der Waals surface area contributed by atoms with Crippen LogP contribution in [0.2, 0.25) is 0 Å². The first-order valence-electron chi connectivity index (χ1n) is 9.36. The number of ketones is 1. The van der Waals surface area contributed by atoms with Crippen molar-refractivity contribution in [3.63, 3.8) is 0 Å². The standard InChI is InChI=1S/C18H32N2O3/c1-2-7-17(21)16(14-15-8-5-3-4-6-9-15)19-18(22)20-10-12-23-13-11-20/h15-16H,2-14H2,1H3,(H,19,22)/t16-/m0/s1. The summed E-state index contributed by atoms with van der Waals surface area (Å²) in [7, 11) is 0. The van der Waals surface area contributed by atoms with Gasteiger partial charge in [0.15, 0.2) is 5.78 Å². The molecule has 0 aromatic rings. The summed E-state index contributed by atoms with van der Waals surface area (Å²) in [6.45, 7) is 4.42. The van der Waals surface area contributed by atoms with Crippen molar-refractivity contribution in [2.24, 2.45) is 5.92 Å². The summed E-state index contributed by atoms with van der Waals surface area (Å²) < 4.78 is 5.29. The molecule has 2 fully saturated rings. The van der Waals surface area contributed by atoms with Crippen molar-refractivity contribution < 1.29 is 14.3 Å². The van der Waals surface area contributed by atoms with Crippen molar-refractivity contribution in [1.29, 1.82) is 0 Å². The van der Waals surface area contributed by atoms with Crippen molar-refractivity contribution in [3.8, 4) is 0 Å². The number of morpholine rings is 1. The number of nitrogens with zero attached hydrogens (tertiary/aromatic N) is 1. The van der Waals surface area contributed by atoms with Crippen molar-refractivity contribution >= 4 is 11.8 Å². The number of carbonyl (C=O) groups is 2. The summed E-state index contributed by atoms with van der Waals surface area (Å²) in [6.07, 6.45) is 9.75. The molecule has 0 aromatic heterocycles. The van der Waals surface area contributed by atoms with E-state index in [1.54, 1.807) is 4.90 Å². The Kier molecular flexibility index (Phi) is 7.86. The molecule has 1 aliphatic heterocycles. The summed E-state index contributed by atoms with van der Waals surface area (Å²) in [5.74, 6) is 0.770. The monoisotopic (exact) mass is 324 g/mol. The maximum absolute atomic E-state index is 12.5. The minimum absolute atomic E-state index is 0.101. The molecule has 5 heteroatoms. The zero-order chi connectivity index (χ0) is 16.5. The van der Waals surface area contributed by atoms with E-state index in [4.69, 9.17) is 4.74 Å². The summed E-state index contributed by atoms with van der Waals surface area (Å²) in [6, 6.07) is -0.412. The topological polar surface area (TPSA) is 58.6 Å². The summed E-state index contributed by atoms with van der Waals surface area (Å²) in [5.41, 5.74) is 0. The van der Waals surface area contributed by atoms with Crippen LogP contribution < -0.4 is 5.32 Å². The van der Waals surface area contributed by atoms with Crippen LogP contribution in [0.25, 0.3) is 0 Å². The molecule has 1 saturated heterocycles. The number of Topliss-reactive ketones (excluding diaryl/α,β-unsaturated/α-hetero) is 1. The maximum Gasteiger partial charge on any atom is 0.318 e. The van der Waals surface area contributed by atoms with E-state index < -0.39 is 0 Å². The molecule has 2 rings (SSSR count). The van der Waals surface area contributed by atoms with Crippen LogP contribution in [0.15, 0.2) is 0 Å². The molecule has 1 saturated carbocycles. The number of hydrogen-bond acceptors (Lipinski definition) is 3. The van der Waals surface area contributed by atoms with E-state index in [0.717, 1.165) is 12.8 Å². The van der Waals surface area contributed by atoms with Crippen LogP contribution in [0.1, 0.15) is 64.7 Å². The fraction of sp³-hybridized carbons (Fsp3) is 0.889. The number of ether oxygens (including phenoxy) is 1. The Hall–Kier alpha value is -1.10. The predicted octanol–water partition coefficient (Wildman–Crippen LogP) is 3.13. The first-order chi connectivity index (χ1) is 11.2. The fourth-order valence-corrected chi connectivity index (χ4v) is 3.63. The van der Waals surface area contributed by atoms with Gasteiger partial charge in [-0.3, -0.25) is 4.79 Å². The lowest BCUT2D eigenvalue weighted by molar-refractivity contribution is -0.121. The van der Waals surface area contributed by atoms with Crippen molar-refractivity contribution in [1.82, 2.24) is 10.2 Å². The number of hydrogen-bond donors (Lipinski definition) is 1. The fourth-order valence-electron chi connectivity index (χ4n) is 3.63. The molecule has 5 nitrogen and oxygen atoms in total. The molecule has 1 aliphatic carbocycles. The van der Waals surface area contributed by atoms with Crippen LogP contribution in [0, 0.1) is 5.92 Å². The van der Waals surface area contributed by atoms with Gasteiger partial charge in [0.1, 0.15) is 0 Å². The third-order valence-corrected chi connectivity index (χ3v) is 5.02. The first kappa shape index (κ1) is 18.2. The van der Waals surface area contributed by atoms with Gasteiger partial charge in [0.25, 0.3) is 0 Å². The van der Waals surface area contributed by atoms with Crippen molar-refractivity contribution in [2.75, 3.05) is 26.3 Å². The molecule has 132 valence electrons. The molecule has 0 bridgehead atoms. The lowest BCUT2D eigenvalue weighted by Gasteiger charge is -2.30. The maximum atomic E-state index is 12.5. The molecule has 23 heavy (non-hydrogen) atoms. The number of rotatable bonds is 6. The second-order valence-corrected chi connectivity index (χ2v) is 6.91. The van der Waals surface area contributed by atoms with Crippen LogP contribution in [-0.2, 0) is 9.53 Å². The SMILES string of the molecule is CCCC(=O)[C@H](CC1CCCCCC1)NC(=O)N1CCOCC1. The van der Waals surface area contributed by atoms with Crippen molar-refractivity contribution in [2.45, 2.75) is 70.8 Å². The third-order valence-electron chi connectivity index (χ3n) is 5.02. The highest BCUT2D eigenvalue weighted by molar-refractivity contribution is 5.88. The highest BCUT2D eigenvalue weighted by Crippen LogP contribution is 2.27. The van der Waals surface area contributed by atoms with Gasteiger partial charge in [-0.05, 0) is 18.8 Å². The largest absolute Gasteiger partial charge is 0.378 e. The summed E-state index contributed by atoms with van der Waals surface area (Å²) in [4.78, 5) is 26.7. The highest BCUT2D eigenvalue weighted by atomic mass is 16.5. The van der Waals surface area contributed by atoms with E-state index in [9.17, 15) is 9.59 Å². The Bertz CT molecular complexity index is 372. The molecule has 2 amide bonds. The van der Waals surface area contributed by atoms with Crippen LogP contribution in [0.3, 0.4) is 0 Å². The van der Waals surface area contributed by atoms with Crippen LogP contribution in [-0.4, -0.2) is 49.1 Å². The number of nitrogens with one attached hydrogen (secondary N) is 1. The molecular weight excluding hydrogens is 292 g/mol. The average Bonchev–Trinajstić information content (AvgIpc) is 2.84. The minimum Gasteiger partial charge on any atom is -0.378 e. The third kappa shape index (κ3) is 6.13. The molecule has 0 unspecified atom stereocenters. The Balaban J connectivity index is 1.92. The predicted molar refractivity (Wildman–Crippen MR) is 90.4 cm³/mol. The van der Waals surface area contributed by atoms with Gasteiger partial charge >= 0.3 is 6.03 Å². The van der Waals surface area contributed by atoms with Gasteiger partial charge in [0.2, 0.25) is 0 Å². The number of carbonyl (C=O) groups excluding carboxylic acids is 2. The van der Waals surface area contributed by atoms with E-state index in [1.807, 2.05) is 6.92 Å².